The first kappa shape index (κ1) is 17.4. The summed E-state index contributed by atoms with van der Waals surface area (Å²) in [6.07, 6.45) is 1.81. The van der Waals surface area contributed by atoms with Crippen LogP contribution in [0.5, 0.6) is 5.75 Å². The van der Waals surface area contributed by atoms with Gasteiger partial charge in [0.2, 0.25) is 0 Å². The number of nitrogens with zero attached hydrogens (tertiary/aromatic N) is 1. The van der Waals surface area contributed by atoms with Crippen molar-refractivity contribution in [2.75, 3.05) is 7.11 Å². The first-order chi connectivity index (χ1) is 9.63. The van der Waals surface area contributed by atoms with Crippen molar-refractivity contribution in [1.29, 1.82) is 0 Å². The van der Waals surface area contributed by atoms with E-state index in [0.717, 1.165) is 17.0 Å². The van der Waals surface area contributed by atoms with Gasteiger partial charge in [0, 0.05) is 11.8 Å². The van der Waals surface area contributed by atoms with Crippen LogP contribution < -0.4 is 4.74 Å². The van der Waals surface area contributed by atoms with Gasteiger partial charge in [0.05, 0.1) is 12.8 Å². The van der Waals surface area contributed by atoms with Gasteiger partial charge in [0.15, 0.2) is 0 Å². The third kappa shape index (κ3) is 7.18. The number of rotatable bonds is 3. The molecule has 0 spiro atoms. The molecule has 0 aliphatic rings. The average molecular weight is 373 g/mol. The number of methoxy groups -OCH3 is 1. The Hall–Kier alpha value is -0.701. The van der Waals surface area contributed by atoms with Crippen LogP contribution in [0.2, 0.25) is 0 Å². The molecule has 109 valence electrons. The fourth-order valence-electron chi connectivity index (χ4n) is 1.43. The van der Waals surface area contributed by atoms with Crippen molar-refractivity contribution in [2.45, 2.75) is 0 Å². The summed E-state index contributed by atoms with van der Waals surface area (Å²) in [5.41, 5.74) is 1.92. The first-order valence-corrected chi connectivity index (χ1v) is 10.1. The summed E-state index contributed by atoms with van der Waals surface area (Å²) in [4.78, 5) is 4.38. The van der Waals surface area contributed by atoms with E-state index < -0.39 is 11.2 Å². The van der Waals surface area contributed by atoms with E-state index in [-0.39, 0.29) is 0 Å². The summed E-state index contributed by atoms with van der Waals surface area (Å²) in [7, 11) is 16.3. The van der Waals surface area contributed by atoms with Crippen molar-refractivity contribution in [2.24, 2.45) is 4.99 Å². The zero-order valence-corrected chi connectivity index (χ0v) is 14.0. The SMILES string of the molecule is COc1ccccc1C=Nc1ccccc1.[Cl][Fe]([Cl])[Cl]. The summed E-state index contributed by atoms with van der Waals surface area (Å²) in [5, 5.41) is 0. The van der Waals surface area contributed by atoms with E-state index in [1.807, 2.05) is 60.8 Å². The van der Waals surface area contributed by atoms with E-state index in [1.165, 1.54) is 0 Å². The molecule has 0 saturated carbocycles. The molecular weight excluding hydrogens is 360 g/mol. The van der Waals surface area contributed by atoms with Crippen molar-refractivity contribution in [1.82, 2.24) is 0 Å². The molecule has 6 heteroatoms. The van der Waals surface area contributed by atoms with Gasteiger partial charge in [-0.1, -0.05) is 30.3 Å². The van der Waals surface area contributed by atoms with Crippen LogP contribution in [0.3, 0.4) is 0 Å². The molecule has 0 aromatic heterocycles. The molecule has 0 bridgehead atoms. The number of aliphatic imine (C=N–C) groups is 1. The normalized spacial score (nSPS) is 10.7. The number of halogens is 3. The van der Waals surface area contributed by atoms with Crippen LogP contribution in [0.25, 0.3) is 0 Å². The molecule has 0 unspecified atom stereocenters. The second-order valence-electron chi connectivity index (χ2n) is 3.49. The van der Waals surface area contributed by atoms with Crippen LogP contribution in [0.1, 0.15) is 5.56 Å². The van der Waals surface area contributed by atoms with Crippen molar-refractivity contribution < 1.29 is 15.9 Å². The molecule has 0 radical (unpaired) electrons. The Morgan fingerprint density at radius 1 is 0.950 bits per heavy atom. The molecule has 2 aromatic rings. The summed E-state index contributed by atoms with van der Waals surface area (Å²) >= 11 is -1.33. The number of para-hydroxylation sites is 2. The first-order valence-electron chi connectivity index (χ1n) is 5.52. The zero-order valence-electron chi connectivity index (χ0n) is 10.6. The van der Waals surface area contributed by atoms with Crippen molar-refractivity contribution in [3.63, 3.8) is 0 Å². The predicted octanol–water partition coefficient (Wildman–Crippen LogP) is 5.51. The van der Waals surface area contributed by atoms with Gasteiger partial charge in [0.1, 0.15) is 5.75 Å². The van der Waals surface area contributed by atoms with Gasteiger partial charge in [-0.25, -0.2) is 0 Å². The van der Waals surface area contributed by atoms with Gasteiger partial charge in [-0.2, -0.15) is 0 Å². The van der Waals surface area contributed by atoms with Crippen LogP contribution >= 0.6 is 30.3 Å². The van der Waals surface area contributed by atoms with E-state index >= 15 is 0 Å². The molecule has 0 amide bonds. The zero-order chi connectivity index (χ0) is 14.8. The van der Waals surface area contributed by atoms with Gasteiger partial charge in [-0.05, 0) is 24.3 Å². The second-order valence-corrected chi connectivity index (χ2v) is 8.96. The number of hydrogen-bond acceptors (Lipinski definition) is 2. The summed E-state index contributed by atoms with van der Waals surface area (Å²) in [6.45, 7) is 0. The predicted molar refractivity (Wildman–Crippen MR) is 84.2 cm³/mol. The second kappa shape index (κ2) is 10.1. The van der Waals surface area contributed by atoms with Crippen molar-refractivity contribution in [3.8, 4) is 5.75 Å². The fraction of sp³-hybridized carbons (Fsp3) is 0.0714. The van der Waals surface area contributed by atoms with Crippen LogP contribution in [-0.4, -0.2) is 13.3 Å². The third-order valence-electron chi connectivity index (χ3n) is 2.25. The minimum atomic E-state index is -1.33. The fourth-order valence-corrected chi connectivity index (χ4v) is 1.43. The van der Waals surface area contributed by atoms with E-state index in [2.05, 4.69) is 4.99 Å². The monoisotopic (exact) mass is 372 g/mol. The van der Waals surface area contributed by atoms with E-state index in [0.29, 0.717) is 0 Å². The van der Waals surface area contributed by atoms with Crippen LogP contribution in [0, 0.1) is 0 Å². The number of ether oxygens (including phenoxy) is 1. The minimum absolute atomic E-state index is 0.835. The molecule has 0 heterocycles. The molecule has 0 saturated heterocycles. The maximum atomic E-state index is 5.24. The van der Waals surface area contributed by atoms with Crippen LogP contribution in [-0.2, 0) is 11.2 Å². The number of hydrogen-bond donors (Lipinski definition) is 0. The third-order valence-corrected chi connectivity index (χ3v) is 2.25. The molecule has 2 nitrogen and oxygen atoms in total. The van der Waals surface area contributed by atoms with Gasteiger partial charge in [0.25, 0.3) is 0 Å². The van der Waals surface area contributed by atoms with E-state index in [4.69, 9.17) is 35.0 Å². The maximum absolute atomic E-state index is 5.24. The van der Waals surface area contributed by atoms with Gasteiger partial charge < -0.3 is 4.74 Å². The quantitative estimate of drug-likeness (QED) is 0.513. The Morgan fingerprint density at radius 3 is 2.10 bits per heavy atom. The Labute approximate surface area is 135 Å². The molecule has 0 N–H and O–H groups in total. The number of benzene rings is 2. The molecule has 0 aliphatic heterocycles. The standard InChI is InChI=1S/C14H13NO.3ClH.Fe/c1-16-14-10-6-5-7-12(14)11-15-13-8-3-2-4-9-13;;;;/h2-11H,1H3;3*1H;/q;;;;+3/p-3. The van der Waals surface area contributed by atoms with Gasteiger partial charge >= 0.3 is 41.5 Å². The summed E-state index contributed by atoms with van der Waals surface area (Å²) in [5.74, 6) is 0.835. The topological polar surface area (TPSA) is 21.6 Å². The Balaban J connectivity index is 0.000000444. The molecule has 0 atom stereocenters. The average Bonchev–Trinajstić information content (AvgIpc) is 2.46. The molecule has 20 heavy (non-hydrogen) atoms. The van der Waals surface area contributed by atoms with Crippen LogP contribution in [0.4, 0.5) is 5.69 Å². The van der Waals surface area contributed by atoms with E-state index in [9.17, 15) is 0 Å². The summed E-state index contributed by atoms with van der Waals surface area (Å²) < 4.78 is 5.24. The summed E-state index contributed by atoms with van der Waals surface area (Å²) in [6, 6.07) is 17.6. The molecular formula is C14H13Cl3FeNO. The van der Waals surface area contributed by atoms with Crippen LogP contribution in [0.15, 0.2) is 59.6 Å². The molecule has 2 rings (SSSR count). The van der Waals surface area contributed by atoms with Gasteiger partial charge in [-0.3, -0.25) is 4.99 Å². The Kier molecular flexibility index (Phi) is 8.75. The molecule has 2 aromatic carbocycles. The van der Waals surface area contributed by atoms with Crippen molar-refractivity contribution >= 4 is 42.2 Å². The molecule has 0 aliphatic carbocycles. The Bertz CT molecular complexity index is 532. The van der Waals surface area contributed by atoms with Crippen molar-refractivity contribution in [3.05, 3.63) is 60.2 Å². The van der Waals surface area contributed by atoms with E-state index in [1.54, 1.807) is 7.11 Å². The van der Waals surface area contributed by atoms with Gasteiger partial charge in [-0.15, -0.1) is 0 Å². The molecule has 0 fully saturated rings. The Morgan fingerprint density at radius 2 is 1.50 bits per heavy atom.